The monoisotopic (exact) mass is 306 g/mol. The molecule has 112 valence electrons. The highest BCUT2D eigenvalue weighted by Gasteiger charge is 2.15. The summed E-state index contributed by atoms with van der Waals surface area (Å²) in [7, 11) is 0. The third kappa shape index (κ3) is 2.33. The van der Waals surface area contributed by atoms with Gasteiger partial charge in [0.15, 0.2) is 0 Å². The van der Waals surface area contributed by atoms with Crippen LogP contribution in [0.1, 0.15) is 5.69 Å². The van der Waals surface area contributed by atoms with Gasteiger partial charge in [0.2, 0.25) is 0 Å². The maximum absolute atomic E-state index is 9.70. The smallest absolute Gasteiger partial charge is 0.149 e. The van der Waals surface area contributed by atoms with Crippen LogP contribution in [-0.2, 0) is 0 Å². The summed E-state index contributed by atoms with van der Waals surface area (Å²) in [6.45, 7) is 0. The number of nitrogens with zero attached hydrogens (tertiary/aromatic N) is 2. The molecule has 0 amide bonds. The van der Waals surface area contributed by atoms with Crippen LogP contribution in [0.25, 0.3) is 33.2 Å². The van der Waals surface area contributed by atoms with Crippen molar-refractivity contribution in [2.75, 3.05) is 0 Å². The number of fused-ring (bicyclic) bond motifs is 1. The summed E-state index contributed by atoms with van der Waals surface area (Å²) < 4.78 is 0. The van der Waals surface area contributed by atoms with Crippen LogP contribution in [0.4, 0.5) is 0 Å². The molecule has 0 aliphatic heterocycles. The Bertz CT molecular complexity index is 1050. The van der Waals surface area contributed by atoms with Gasteiger partial charge in [-0.3, -0.25) is 0 Å². The number of aromatic nitrogens is 1. The predicted molar refractivity (Wildman–Crippen MR) is 97.3 cm³/mol. The van der Waals surface area contributed by atoms with Crippen LogP contribution < -0.4 is 0 Å². The van der Waals surface area contributed by atoms with Crippen molar-refractivity contribution in [1.29, 1.82) is 5.26 Å². The molecule has 0 aliphatic rings. The Kier molecular flexibility index (Phi) is 3.53. The van der Waals surface area contributed by atoms with Crippen molar-refractivity contribution in [2.45, 2.75) is 0 Å². The molecular weight excluding hydrogens is 292 g/mol. The second-order valence-corrected chi connectivity index (χ2v) is 5.57. The molecule has 0 N–H and O–H groups in total. The van der Waals surface area contributed by atoms with Crippen molar-refractivity contribution < 1.29 is 0 Å². The van der Waals surface area contributed by atoms with E-state index in [1.165, 1.54) is 0 Å². The Hall–Kier alpha value is -3.44. The van der Waals surface area contributed by atoms with Crippen molar-refractivity contribution in [2.24, 2.45) is 0 Å². The Balaban J connectivity index is 2.12. The zero-order valence-electron chi connectivity index (χ0n) is 13.0. The van der Waals surface area contributed by atoms with Crippen LogP contribution in [0, 0.1) is 11.3 Å². The van der Waals surface area contributed by atoms with Crippen LogP contribution >= 0.6 is 0 Å². The van der Waals surface area contributed by atoms with Gasteiger partial charge in [-0.25, -0.2) is 4.98 Å². The maximum Gasteiger partial charge on any atom is 0.149 e. The lowest BCUT2D eigenvalue weighted by atomic mass is 9.94. The van der Waals surface area contributed by atoms with E-state index in [0.717, 1.165) is 33.2 Å². The first-order valence-corrected chi connectivity index (χ1v) is 7.82. The Morgan fingerprint density at radius 1 is 0.625 bits per heavy atom. The fourth-order valence-electron chi connectivity index (χ4n) is 3.06. The number of nitriles is 1. The highest BCUT2D eigenvalue weighted by Crippen LogP contribution is 2.36. The molecule has 0 spiro atoms. The predicted octanol–water partition coefficient (Wildman–Crippen LogP) is 5.44. The number of hydrogen-bond acceptors (Lipinski definition) is 2. The van der Waals surface area contributed by atoms with Crippen LogP contribution in [-0.4, -0.2) is 4.98 Å². The molecule has 0 aliphatic carbocycles. The molecule has 0 unspecified atom stereocenters. The van der Waals surface area contributed by atoms with Crippen molar-refractivity contribution in [3.05, 3.63) is 90.6 Å². The largest absolute Gasteiger partial charge is 0.236 e. The highest BCUT2D eigenvalue weighted by atomic mass is 14.7. The molecule has 0 radical (unpaired) electrons. The van der Waals surface area contributed by atoms with Crippen molar-refractivity contribution in [3.8, 4) is 28.5 Å². The first-order chi connectivity index (χ1) is 11.9. The maximum atomic E-state index is 9.70. The second-order valence-electron chi connectivity index (χ2n) is 5.57. The molecule has 4 rings (SSSR count). The van der Waals surface area contributed by atoms with E-state index in [1.54, 1.807) is 0 Å². The molecule has 2 nitrogen and oxygen atoms in total. The van der Waals surface area contributed by atoms with Gasteiger partial charge in [-0.2, -0.15) is 5.26 Å². The molecule has 0 atom stereocenters. The third-order valence-corrected chi connectivity index (χ3v) is 4.13. The molecule has 0 bridgehead atoms. The molecule has 2 heteroatoms. The van der Waals surface area contributed by atoms with Gasteiger partial charge in [-0.15, -0.1) is 0 Å². The molecule has 1 heterocycles. The SMILES string of the molecule is N#Cc1nc(-c2ccccc2)c2ccccc2c1-c1ccccc1. The van der Waals surface area contributed by atoms with E-state index in [1.807, 2.05) is 72.8 Å². The minimum Gasteiger partial charge on any atom is -0.236 e. The van der Waals surface area contributed by atoms with E-state index in [2.05, 4.69) is 18.2 Å². The quantitative estimate of drug-likeness (QED) is 0.494. The summed E-state index contributed by atoms with van der Waals surface area (Å²) in [5.41, 5.74) is 4.23. The summed E-state index contributed by atoms with van der Waals surface area (Å²) in [6.07, 6.45) is 0. The number of hydrogen-bond donors (Lipinski definition) is 0. The summed E-state index contributed by atoms with van der Waals surface area (Å²) in [5, 5.41) is 11.8. The van der Waals surface area contributed by atoms with E-state index in [-0.39, 0.29) is 0 Å². The molecule has 1 aromatic heterocycles. The topological polar surface area (TPSA) is 36.7 Å². The van der Waals surface area contributed by atoms with Gasteiger partial charge < -0.3 is 0 Å². The fourth-order valence-corrected chi connectivity index (χ4v) is 3.06. The van der Waals surface area contributed by atoms with Crippen LogP contribution in [0.3, 0.4) is 0 Å². The first-order valence-electron chi connectivity index (χ1n) is 7.82. The minimum absolute atomic E-state index is 0.457. The van der Waals surface area contributed by atoms with Gasteiger partial charge in [0, 0.05) is 16.5 Å². The van der Waals surface area contributed by atoms with E-state index in [9.17, 15) is 5.26 Å². The summed E-state index contributed by atoms with van der Waals surface area (Å²) in [5.74, 6) is 0. The number of rotatable bonds is 2. The molecule has 24 heavy (non-hydrogen) atoms. The summed E-state index contributed by atoms with van der Waals surface area (Å²) >= 11 is 0. The van der Waals surface area contributed by atoms with Crippen molar-refractivity contribution >= 4 is 10.8 Å². The Morgan fingerprint density at radius 3 is 1.79 bits per heavy atom. The zero-order chi connectivity index (χ0) is 16.4. The van der Waals surface area contributed by atoms with Gasteiger partial charge >= 0.3 is 0 Å². The summed E-state index contributed by atoms with van der Waals surface area (Å²) in [6, 6.07) is 30.4. The third-order valence-electron chi connectivity index (χ3n) is 4.13. The molecule has 0 fully saturated rings. The van der Waals surface area contributed by atoms with Crippen LogP contribution in [0.15, 0.2) is 84.9 Å². The van der Waals surface area contributed by atoms with E-state index in [0.29, 0.717) is 5.69 Å². The van der Waals surface area contributed by atoms with Crippen LogP contribution in [0.2, 0.25) is 0 Å². The lowest BCUT2D eigenvalue weighted by Crippen LogP contribution is -1.95. The van der Waals surface area contributed by atoms with Crippen molar-refractivity contribution in [1.82, 2.24) is 4.98 Å². The fraction of sp³-hybridized carbons (Fsp3) is 0. The van der Waals surface area contributed by atoms with E-state index >= 15 is 0 Å². The van der Waals surface area contributed by atoms with E-state index < -0.39 is 0 Å². The van der Waals surface area contributed by atoms with E-state index in [4.69, 9.17) is 4.98 Å². The van der Waals surface area contributed by atoms with Gasteiger partial charge in [-0.1, -0.05) is 84.9 Å². The average molecular weight is 306 g/mol. The van der Waals surface area contributed by atoms with Gasteiger partial charge in [0.1, 0.15) is 11.8 Å². The first kappa shape index (κ1) is 14.2. The summed E-state index contributed by atoms with van der Waals surface area (Å²) in [4.78, 5) is 4.70. The molecule has 0 saturated carbocycles. The molecule has 4 aromatic rings. The normalized spacial score (nSPS) is 10.5. The highest BCUT2D eigenvalue weighted by molar-refractivity contribution is 6.04. The standard InChI is InChI=1S/C22H14N2/c23-15-20-21(16-9-3-1-4-10-16)18-13-7-8-14-19(18)22(24-20)17-11-5-2-6-12-17/h1-14H. The van der Waals surface area contributed by atoms with Crippen molar-refractivity contribution in [3.63, 3.8) is 0 Å². The van der Waals surface area contributed by atoms with Gasteiger partial charge in [0.05, 0.1) is 5.69 Å². The number of benzene rings is 3. The van der Waals surface area contributed by atoms with Gasteiger partial charge in [0.25, 0.3) is 0 Å². The number of pyridine rings is 1. The molecule has 0 saturated heterocycles. The Morgan fingerprint density at radius 2 is 1.17 bits per heavy atom. The average Bonchev–Trinajstić information content (AvgIpc) is 2.68. The van der Waals surface area contributed by atoms with Crippen LogP contribution in [0.5, 0.6) is 0 Å². The lowest BCUT2D eigenvalue weighted by Gasteiger charge is -2.13. The minimum atomic E-state index is 0.457. The zero-order valence-corrected chi connectivity index (χ0v) is 13.0. The molecule has 3 aromatic carbocycles. The Labute approximate surface area is 140 Å². The molecular formula is C22H14N2. The lowest BCUT2D eigenvalue weighted by molar-refractivity contribution is 1.29. The van der Waals surface area contributed by atoms with Gasteiger partial charge in [-0.05, 0) is 10.9 Å². The second kappa shape index (κ2) is 5.98.